The summed E-state index contributed by atoms with van der Waals surface area (Å²) in [6, 6.07) is 89.2. The fourth-order valence-electron chi connectivity index (χ4n) is 10.1. The molecule has 0 amide bonds. The largest absolute Gasteiger partial charge is 0.310 e. The van der Waals surface area contributed by atoms with E-state index in [1.165, 1.54) is 80.2 Å². The Labute approximate surface area is 381 Å². The summed E-state index contributed by atoms with van der Waals surface area (Å²) < 4.78 is 5.05. The minimum absolute atomic E-state index is 1.09. The second-order valence-corrected chi connectivity index (χ2v) is 18.0. The highest BCUT2D eigenvalue weighted by atomic mass is 32.1. The van der Waals surface area contributed by atoms with Crippen LogP contribution >= 0.6 is 11.3 Å². The summed E-state index contributed by atoms with van der Waals surface area (Å²) in [5.74, 6) is 0. The molecule has 0 aliphatic rings. The molecule has 304 valence electrons. The second kappa shape index (κ2) is 15.2. The smallest absolute Gasteiger partial charge is 0.0547 e. The van der Waals surface area contributed by atoms with E-state index in [1.807, 2.05) is 11.3 Å². The molecular formula is C62H40N2S. The minimum atomic E-state index is 1.09. The van der Waals surface area contributed by atoms with E-state index in [4.69, 9.17) is 0 Å². The van der Waals surface area contributed by atoms with E-state index < -0.39 is 0 Å². The molecule has 0 saturated heterocycles. The number of anilines is 3. The average molecular weight is 845 g/mol. The van der Waals surface area contributed by atoms with E-state index in [-0.39, 0.29) is 0 Å². The molecule has 0 bridgehead atoms. The summed E-state index contributed by atoms with van der Waals surface area (Å²) in [5, 5.41) is 10.1. The van der Waals surface area contributed by atoms with Gasteiger partial charge in [0.05, 0.1) is 22.4 Å². The average Bonchev–Trinajstić information content (AvgIpc) is 3.92. The molecule has 13 aromatic rings. The third-order valence-corrected chi connectivity index (χ3v) is 14.3. The maximum atomic E-state index is 2.47. The van der Waals surface area contributed by atoms with Crippen LogP contribution < -0.4 is 4.90 Å². The van der Waals surface area contributed by atoms with Crippen molar-refractivity contribution in [2.75, 3.05) is 4.90 Å². The van der Waals surface area contributed by atoms with Crippen molar-refractivity contribution in [3.8, 4) is 39.1 Å². The van der Waals surface area contributed by atoms with Gasteiger partial charge in [-0.2, -0.15) is 0 Å². The Balaban J connectivity index is 1.04. The zero-order valence-electron chi connectivity index (χ0n) is 35.4. The van der Waals surface area contributed by atoms with Crippen molar-refractivity contribution < 1.29 is 0 Å². The highest BCUT2D eigenvalue weighted by molar-refractivity contribution is 7.25. The zero-order valence-corrected chi connectivity index (χ0v) is 36.2. The lowest BCUT2D eigenvalue weighted by Gasteiger charge is -2.29. The van der Waals surface area contributed by atoms with Crippen molar-refractivity contribution in [1.82, 2.24) is 4.57 Å². The minimum Gasteiger partial charge on any atom is -0.310 e. The number of hydrogen-bond acceptors (Lipinski definition) is 2. The molecule has 0 aliphatic heterocycles. The Hall–Kier alpha value is -8.24. The van der Waals surface area contributed by atoms with E-state index in [1.54, 1.807) is 0 Å². The number of benzene rings is 11. The fraction of sp³-hybridized carbons (Fsp3) is 0. The Kier molecular flexibility index (Phi) is 8.75. The van der Waals surface area contributed by atoms with Crippen LogP contribution in [-0.4, -0.2) is 4.57 Å². The van der Waals surface area contributed by atoms with Gasteiger partial charge in [-0.1, -0.05) is 170 Å². The predicted molar refractivity (Wildman–Crippen MR) is 280 cm³/mol. The summed E-state index contributed by atoms with van der Waals surface area (Å²) in [6.45, 7) is 0. The Morgan fingerprint density at radius 3 is 1.89 bits per heavy atom. The van der Waals surface area contributed by atoms with Crippen LogP contribution in [0, 0.1) is 0 Å². The maximum Gasteiger partial charge on any atom is 0.0547 e. The van der Waals surface area contributed by atoms with Gasteiger partial charge in [-0.05, 0) is 117 Å². The van der Waals surface area contributed by atoms with Crippen LogP contribution in [0.1, 0.15) is 0 Å². The molecule has 0 atom stereocenters. The van der Waals surface area contributed by atoms with E-state index in [2.05, 4.69) is 252 Å². The van der Waals surface area contributed by atoms with Crippen molar-refractivity contribution in [3.05, 3.63) is 243 Å². The molecule has 0 spiro atoms. The van der Waals surface area contributed by atoms with E-state index in [0.29, 0.717) is 0 Å². The Bertz CT molecular complexity index is 3970. The number of hydrogen-bond donors (Lipinski definition) is 0. The third kappa shape index (κ3) is 6.24. The Morgan fingerprint density at radius 1 is 0.323 bits per heavy atom. The molecule has 65 heavy (non-hydrogen) atoms. The third-order valence-electron chi connectivity index (χ3n) is 13.1. The maximum absolute atomic E-state index is 2.47. The second-order valence-electron chi connectivity index (χ2n) is 16.9. The number of rotatable bonds is 7. The molecule has 2 aromatic heterocycles. The van der Waals surface area contributed by atoms with E-state index in [9.17, 15) is 0 Å². The van der Waals surface area contributed by atoms with Gasteiger partial charge in [-0.15, -0.1) is 11.3 Å². The van der Waals surface area contributed by atoms with Gasteiger partial charge in [0, 0.05) is 53.4 Å². The quantitative estimate of drug-likeness (QED) is 0.155. The summed E-state index contributed by atoms with van der Waals surface area (Å²) in [7, 11) is 0. The number of nitrogens with zero attached hydrogens (tertiary/aromatic N) is 2. The molecule has 11 aromatic carbocycles. The fourth-order valence-corrected chi connectivity index (χ4v) is 11.2. The molecular weight excluding hydrogens is 805 g/mol. The SMILES string of the molecule is c1ccc(-c2cc(-c3ccccc3-n3c4ccccc4c4c5ccccc5ccc43)ccc2N(c2cccc(-c3ccc4ccccc4c3)c2)c2ccc3sc4ccccc4c3c2)cc1. The van der Waals surface area contributed by atoms with Crippen LogP contribution in [0.4, 0.5) is 17.1 Å². The van der Waals surface area contributed by atoms with Crippen molar-refractivity contribution in [1.29, 1.82) is 0 Å². The van der Waals surface area contributed by atoms with Gasteiger partial charge in [0.25, 0.3) is 0 Å². The molecule has 0 unspecified atom stereocenters. The molecule has 0 saturated carbocycles. The number of aromatic nitrogens is 1. The van der Waals surface area contributed by atoms with Crippen LogP contribution in [-0.2, 0) is 0 Å². The van der Waals surface area contributed by atoms with Crippen LogP contribution in [0.2, 0.25) is 0 Å². The topological polar surface area (TPSA) is 8.17 Å². The molecule has 3 heteroatoms. The molecule has 0 aliphatic carbocycles. The normalized spacial score (nSPS) is 11.7. The van der Waals surface area contributed by atoms with Gasteiger partial charge < -0.3 is 9.47 Å². The van der Waals surface area contributed by atoms with E-state index in [0.717, 1.165) is 39.4 Å². The van der Waals surface area contributed by atoms with Crippen LogP contribution in [0.15, 0.2) is 243 Å². The lowest BCUT2D eigenvalue weighted by atomic mass is 9.95. The lowest BCUT2D eigenvalue weighted by molar-refractivity contribution is 1.18. The van der Waals surface area contributed by atoms with Gasteiger partial charge in [-0.3, -0.25) is 0 Å². The molecule has 0 fully saturated rings. The van der Waals surface area contributed by atoms with Crippen LogP contribution in [0.25, 0.3) is 103 Å². The van der Waals surface area contributed by atoms with Gasteiger partial charge in [0.2, 0.25) is 0 Å². The monoisotopic (exact) mass is 844 g/mol. The predicted octanol–water partition coefficient (Wildman–Crippen LogP) is 17.9. The zero-order chi connectivity index (χ0) is 42.8. The molecule has 2 heterocycles. The first-order valence-corrected chi connectivity index (χ1v) is 23.1. The first-order chi connectivity index (χ1) is 32.2. The molecule has 0 radical (unpaired) electrons. The number of para-hydroxylation sites is 2. The first kappa shape index (κ1) is 37.3. The van der Waals surface area contributed by atoms with Gasteiger partial charge in [-0.25, -0.2) is 0 Å². The highest BCUT2D eigenvalue weighted by Crippen LogP contribution is 2.47. The van der Waals surface area contributed by atoms with Crippen LogP contribution in [0.5, 0.6) is 0 Å². The van der Waals surface area contributed by atoms with Crippen LogP contribution in [0.3, 0.4) is 0 Å². The molecule has 0 N–H and O–H groups in total. The standard InChI is InChI=1S/C62H40N2S/c1-2-16-42(17-3-1)54-39-47(50-22-8-11-26-56(50)64-57-27-12-9-25-53(57)62-51-23-7-6-18-43(51)31-35-59(62)64)32-34-58(54)63(49-33-36-61-55(40-49)52-24-10-13-28-60(52)65-61)48-21-14-20-45(38-48)46-30-29-41-15-4-5-19-44(41)37-46/h1-40H. The summed E-state index contributed by atoms with van der Waals surface area (Å²) >= 11 is 1.86. The van der Waals surface area contributed by atoms with E-state index >= 15 is 0 Å². The summed E-state index contributed by atoms with van der Waals surface area (Å²) in [5.41, 5.74) is 13.8. The van der Waals surface area contributed by atoms with Crippen molar-refractivity contribution in [2.45, 2.75) is 0 Å². The molecule has 13 rings (SSSR count). The number of thiophene rings is 1. The van der Waals surface area contributed by atoms with Crippen molar-refractivity contribution in [2.24, 2.45) is 0 Å². The first-order valence-electron chi connectivity index (χ1n) is 22.2. The Morgan fingerprint density at radius 2 is 0.985 bits per heavy atom. The molecule has 2 nitrogen and oxygen atoms in total. The van der Waals surface area contributed by atoms with Gasteiger partial charge in [0.15, 0.2) is 0 Å². The van der Waals surface area contributed by atoms with Crippen molar-refractivity contribution in [3.63, 3.8) is 0 Å². The van der Waals surface area contributed by atoms with Crippen molar-refractivity contribution >= 4 is 91.9 Å². The lowest BCUT2D eigenvalue weighted by Crippen LogP contribution is -2.11. The number of fused-ring (bicyclic) bond motifs is 9. The van der Waals surface area contributed by atoms with Gasteiger partial charge in [0.1, 0.15) is 0 Å². The van der Waals surface area contributed by atoms with Gasteiger partial charge >= 0.3 is 0 Å². The summed E-state index contributed by atoms with van der Waals surface area (Å²) in [6.07, 6.45) is 0. The highest BCUT2D eigenvalue weighted by Gasteiger charge is 2.22. The summed E-state index contributed by atoms with van der Waals surface area (Å²) in [4.78, 5) is 2.46.